The van der Waals surface area contributed by atoms with Gasteiger partial charge in [-0.15, -0.1) is 0 Å². The number of benzene rings is 8. The number of morpholine rings is 1. The van der Waals surface area contributed by atoms with Crippen molar-refractivity contribution >= 4 is 80.6 Å². The molecule has 146 heavy (non-hydrogen) atoms. The first-order valence-electron chi connectivity index (χ1n) is 49.4. The summed E-state index contributed by atoms with van der Waals surface area (Å²) < 4.78 is 44.2. The highest BCUT2D eigenvalue weighted by Crippen LogP contribution is 2.42. The number of rotatable bonds is 27. The van der Waals surface area contributed by atoms with Crippen molar-refractivity contribution in [3.8, 4) is 92.8 Å². The van der Waals surface area contributed by atoms with Crippen molar-refractivity contribution in [2.24, 2.45) is 5.92 Å². The minimum absolute atomic E-state index is 0.0752. The third-order valence-corrected chi connectivity index (χ3v) is 27.9. The third-order valence-electron chi connectivity index (χ3n) is 27.9. The van der Waals surface area contributed by atoms with Crippen molar-refractivity contribution in [1.29, 1.82) is 21.0 Å². The minimum atomic E-state index is -0.515. The normalized spacial score (nSPS) is 18.9. The van der Waals surface area contributed by atoms with Crippen LogP contribution in [0.4, 0.5) is 68.8 Å². The molecule has 8 aromatic carbocycles. The van der Waals surface area contributed by atoms with E-state index in [1.54, 1.807) is 103 Å². The van der Waals surface area contributed by atoms with E-state index in [9.17, 15) is 35.7 Å². The Morgan fingerprint density at radius 1 is 0.384 bits per heavy atom. The third kappa shape index (κ3) is 24.3. The number of aromatic nitrogens is 8. The molecule has 37 nitrogen and oxygen atoms in total. The number of likely N-dealkylation sites (tertiary alicyclic amines) is 2. The Hall–Kier alpha value is -15.8. The molecule has 10 fully saturated rings. The van der Waals surface area contributed by atoms with Crippen LogP contribution in [0.2, 0.25) is 0 Å². The summed E-state index contributed by atoms with van der Waals surface area (Å²) in [7, 11) is 3.12. The fraction of sp³-hybridized carbons (Fsp3) is 0.358. The molecule has 6 N–H and O–H groups in total. The first-order valence-corrected chi connectivity index (χ1v) is 49.4. The second kappa shape index (κ2) is 47.2. The number of methoxy groups -OCH3 is 2. The van der Waals surface area contributed by atoms with Gasteiger partial charge in [-0.3, -0.25) is 24.3 Å². The number of hydrogen-bond acceptors (Lipinski definition) is 35. The molecule has 10 aliphatic rings. The standard InChI is InChI=1S/C32H35N7O4.C27H28N6O4.2C25H26N6O2/c33-16-23-15-22(1-6-28(23)43-29-14-21-13-27(29)39(17-21)31(41)18-40)32-34-8-7-30(36-32)35-24-2-4-25(5-3-24)37-9-11-38(12-10-37)26-19-42-20-26;28-16-20-15-19(1-6-24(20)37-23-8-10-33(17-23)26(35)18-34)27-29-9-7-25(31-27)30-21-2-4-22(5-3-21)32-11-13-36-14-12-32;1-32-23-7-2-18(14-19(23)15-26)25-27-9-8-24(29-25)28-20-3-5-21(6-4-20)30-10-12-31(13-11-30)22-16-33-17-22;1-32-23-13-18(15-26)12-19(14-23)25-27-7-6-24(29-25)28-20-2-4-21(5-3-20)30-8-10-31(11-9-30)22-16-33-17-22/h1-8,15,21,26-27,29,40H,9-14,17-20H2,(H,34,35,36);1-7,9,15,23,34H,8,10-14,17-18H2,(H,29,30,31);2-9,14,22H,10-13,16-17H2,1H3,(H,27,28,29);2-7,12-14,22H,8-11,16-17H2,1H3,(H,27,28,29)/t;23-;;/m.1../s1. The Morgan fingerprint density at radius 3 is 1.12 bits per heavy atom. The number of ether oxygens (including phenoxy) is 8. The number of carbonyl (C=O) groups excluding carboxylic acids is 2. The van der Waals surface area contributed by atoms with Gasteiger partial charge in [0, 0.05) is 204 Å². The highest BCUT2D eigenvalue weighted by molar-refractivity contribution is 5.79. The molecule has 9 saturated heterocycles. The van der Waals surface area contributed by atoms with Gasteiger partial charge < -0.3 is 98.8 Å². The lowest BCUT2D eigenvalue weighted by Gasteiger charge is -2.43. The molecule has 37 heteroatoms. The summed E-state index contributed by atoms with van der Waals surface area (Å²) >= 11 is 0. The number of piperazine rings is 3. The number of amides is 2. The van der Waals surface area contributed by atoms with Crippen molar-refractivity contribution in [2.45, 2.75) is 55.6 Å². The van der Waals surface area contributed by atoms with Gasteiger partial charge in [0.2, 0.25) is 11.8 Å². The zero-order valence-corrected chi connectivity index (χ0v) is 81.4. The quantitative estimate of drug-likeness (QED) is 0.0278. The average molecular weight is 1970 g/mol. The van der Waals surface area contributed by atoms with Gasteiger partial charge in [-0.25, -0.2) is 39.9 Å². The highest BCUT2D eigenvalue weighted by Gasteiger charge is 2.48. The summed E-state index contributed by atoms with van der Waals surface area (Å²) in [5, 5.41) is 70.0. The minimum Gasteiger partial charge on any atom is -0.497 e. The predicted molar refractivity (Wildman–Crippen MR) is 551 cm³/mol. The molecule has 9 aliphatic heterocycles. The first-order chi connectivity index (χ1) is 71.6. The second-order valence-electron chi connectivity index (χ2n) is 37.0. The molecule has 4 atom stereocenters. The molecule has 3 unspecified atom stereocenters. The molecule has 12 aromatic rings. The summed E-state index contributed by atoms with van der Waals surface area (Å²) in [5.41, 5.74) is 13.2. The van der Waals surface area contributed by atoms with Crippen molar-refractivity contribution in [3.63, 3.8) is 0 Å². The number of hydrogen-bond donors (Lipinski definition) is 6. The van der Waals surface area contributed by atoms with Gasteiger partial charge >= 0.3 is 0 Å². The fourth-order valence-corrected chi connectivity index (χ4v) is 19.6. The molecule has 4 aromatic heterocycles. The van der Waals surface area contributed by atoms with Crippen LogP contribution in [0.1, 0.15) is 41.5 Å². The van der Waals surface area contributed by atoms with E-state index in [0.29, 0.717) is 153 Å². The van der Waals surface area contributed by atoms with Crippen LogP contribution in [0.25, 0.3) is 45.6 Å². The lowest BCUT2D eigenvalue weighted by Crippen LogP contribution is -2.56. The number of nitrogens with zero attached hydrogens (tertiary/aromatic N) is 21. The van der Waals surface area contributed by atoms with E-state index < -0.39 is 13.2 Å². The first kappa shape index (κ1) is 99.0. The van der Waals surface area contributed by atoms with E-state index >= 15 is 0 Å². The van der Waals surface area contributed by atoms with Gasteiger partial charge in [-0.1, -0.05) is 0 Å². The summed E-state index contributed by atoms with van der Waals surface area (Å²) in [6.07, 6.45) is 8.69. The second-order valence-corrected chi connectivity index (χ2v) is 37.0. The Morgan fingerprint density at radius 2 is 0.760 bits per heavy atom. The van der Waals surface area contributed by atoms with E-state index in [1.807, 2.05) is 54.6 Å². The smallest absolute Gasteiger partial charge is 0.248 e. The van der Waals surface area contributed by atoms with E-state index in [0.717, 1.165) is 197 Å². The summed E-state index contributed by atoms with van der Waals surface area (Å²) in [6.45, 7) is 21.6. The number of anilines is 12. The van der Waals surface area contributed by atoms with Crippen LogP contribution in [0.5, 0.6) is 23.0 Å². The number of nitriles is 4. The van der Waals surface area contributed by atoms with Crippen molar-refractivity contribution in [2.75, 3.05) is 232 Å². The monoisotopic (exact) mass is 1970 g/mol. The van der Waals surface area contributed by atoms with Gasteiger partial charge in [-0.05, 0) is 213 Å². The number of aliphatic hydroxyl groups excluding tert-OH is 2. The fourth-order valence-electron chi connectivity index (χ4n) is 19.6. The molecule has 13 heterocycles. The van der Waals surface area contributed by atoms with E-state index in [4.69, 9.17) is 48.0 Å². The van der Waals surface area contributed by atoms with Crippen LogP contribution in [-0.2, 0) is 28.5 Å². The average Bonchev–Trinajstić information content (AvgIpc) is 1.62. The SMILES string of the molecule is COc1cc(C#N)cc(-c2nccc(Nc3ccc(N4CCN(C5COC5)CC4)cc3)n2)c1.COc1ccc(-c2nccc(Nc3ccc(N4CCN(C5COC5)CC4)cc3)n2)cc1C#N.N#Cc1cc(-c2nccc(Nc3ccc(N4CCN(C5COC5)CC4)cc3)n2)ccc1OC1CC2CC1N(C(=O)CO)C2.N#Cc1cc(-c2nccc(Nc3ccc(N4CCOCC4)cc3)n2)ccc1O[C@@H]1CCN(C(=O)CO)C1. The molecule has 748 valence electrons. The number of nitrogens with one attached hydrogen (secondary N) is 4. The van der Waals surface area contributed by atoms with E-state index in [1.165, 1.54) is 17.1 Å². The molecular weight excluding hydrogens is 1850 g/mol. The Balaban J connectivity index is 0.000000124. The van der Waals surface area contributed by atoms with Gasteiger partial charge in [0.05, 0.1) is 126 Å². The van der Waals surface area contributed by atoms with Crippen LogP contribution >= 0.6 is 0 Å². The van der Waals surface area contributed by atoms with Crippen molar-refractivity contribution in [1.82, 2.24) is 64.4 Å². The largest absolute Gasteiger partial charge is 0.497 e. The number of piperidine rings is 1. The molecular formula is C109H115N25O12. The van der Waals surface area contributed by atoms with Crippen molar-refractivity contribution < 1.29 is 57.7 Å². The molecule has 0 radical (unpaired) electrons. The van der Waals surface area contributed by atoms with Crippen LogP contribution < -0.4 is 59.8 Å². The molecule has 22 rings (SSSR count). The predicted octanol–water partition coefficient (Wildman–Crippen LogP) is 11.8. The number of carbonyl (C=O) groups is 2. The zero-order valence-electron chi connectivity index (χ0n) is 81.4. The molecule has 2 bridgehead atoms. The summed E-state index contributed by atoms with van der Waals surface area (Å²) in [4.78, 5) is 80.4. The Labute approximate surface area is 847 Å². The Kier molecular flexibility index (Phi) is 32.0. The van der Waals surface area contributed by atoms with Gasteiger partial charge in [0.15, 0.2) is 23.3 Å². The summed E-state index contributed by atoms with van der Waals surface area (Å²) in [5.74, 6) is 6.57. The number of fused-ring (bicyclic) bond motifs is 2. The highest BCUT2D eigenvalue weighted by atomic mass is 16.5. The van der Waals surface area contributed by atoms with Gasteiger partial charge in [-0.2, -0.15) is 21.0 Å². The van der Waals surface area contributed by atoms with E-state index in [2.05, 4.69) is 200 Å². The molecule has 2 amide bonds. The van der Waals surface area contributed by atoms with Gasteiger partial charge in [0.25, 0.3) is 0 Å². The van der Waals surface area contributed by atoms with Gasteiger partial charge in [0.1, 0.15) is 89.9 Å². The zero-order chi connectivity index (χ0) is 100. The molecule has 1 saturated carbocycles. The van der Waals surface area contributed by atoms with Crippen LogP contribution in [0, 0.1) is 51.2 Å². The van der Waals surface area contributed by atoms with Crippen molar-refractivity contribution in [3.05, 3.63) is 241 Å². The summed E-state index contributed by atoms with van der Waals surface area (Å²) in [6, 6.07) is 72.5. The maximum Gasteiger partial charge on any atom is 0.248 e. The topological polar surface area (TPSA) is 424 Å². The van der Waals surface area contributed by atoms with Crippen LogP contribution in [-0.4, -0.2) is 314 Å². The molecule has 0 spiro atoms. The number of aliphatic hydroxyl groups is 2. The van der Waals surface area contributed by atoms with Crippen LogP contribution in [0.15, 0.2) is 219 Å². The maximum absolute atomic E-state index is 12.1. The van der Waals surface area contributed by atoms with Crippen LogP contribution in [0.3, 0.4) is 0 Å². The maximum atomic E-state index is 12.1. The Bertz CT molecular complexity index is 6690. The lowest BCUT2D eigenvalue weighted by atomic mass is 10.1. The lowest BCUT2D eigenvalue weighted by molar-refractivity contribution is -0.137. The molecule has 1 aliphatic carbocycles. The van der Waals surface area contributed by atoms with E-state index in [-0.39, 0.29) is 30.1 Å².